The van der Waals surface area contributed by atoms with Crippen LogP contribution in [-0.2, 0) is 19.9 Å². The van der Waals surface area contributed by atoms with Crippen molar-refractivity contribution in [2.75, 3.05) is 0 Å². The zero-order valence-corrected chi connectivity index (χ0v) is 10.3. The van der Waals surface area contributed by atoms with Crippen molar-refractivity contribution in [2.24, 2.45) is 18.7 Å². The summed E-state index contributed by atoms with van der Waals surface area (Å²) in [5, 5.41) is 4.45. The SMILES string of the molecule is CCc1cc(CC(C)CC(C)N)n(C)n1. The molecule has 0 amide bonds. The number of aryl methyl sites for hydroxylation is 2. The van der Waals surface area contributed by atoms with E-state index >= 15 is 0 Å². The third kappa shape index (κ3) is 3.67. The molecule has 86 valence electrons. The first kappa shape index (κ1) is 12.2. The van der Waals surface area contributed by atoms with Crippen molar-refractivity contribution in [1.29, 1.82) is 0 Å². The van der Waals surface area contributed by atoms with Gasteiger partial charge in [0.15, 0.2) is 0 Å². The lowest BCUT2D eigenvalue weighted by molar-refractivity contribution is 0.466. The predicted octanol–water partition coefficient (Wildman–Crippen LogP) is 1.90. The second kappa shape index (κ2) is 5.31. The van der Waals surface area contributed by atoms with E-state index in [4.69, 9.17) is 5.73 Å². The standard InChI is InChI=1S/C12H23N3/c1-5-11-8-12(15(4)14-11)7-9(2)6-10(3)13/h8-10H,5-7,13H2,1-4H3. The molecular weight excluding hydrogens is 186 g/mol. The van der Waals surface area contributed by atoms with Crippen molar-refractivity contribution in [3.8, 4) is 0 Å². The third-order valence-corrected chi connectivity index (χ3v) is 2.72. The van der Waals surface area contributed by atoms with Crippen LogP contribution in [0.3, 0.4) is 0 Å². The molecule has 2 atom stereocenters. The Kier molecular flexibility index (Phi) is 4.33. The van der Waals surface area contributed by atoms with Gasteiger partial charge >= 0.3 is 0 Å². The summed E-state index contributed by atoms with van der Waals surface area (Å²) >= 11 is 0. The van der Waals surface area contributed by atoms with Crippen molar-refractivity contribution in [1.82, 2.24) is 9.78 Å². The highest BCUT2D eigenvalue weighted by molar-refractivity contribution is 5.10. The summed E-state index contributed by atoms with van der Waals surface area (Å²) in [6, 6.07) is 2.50. The van der Waals surface area contributed by atoms with Crippen LogP contribution in [0.4, 0.5) is 0 Å². The number of nitrogens with two attached hydrogens (primary N) is 1. The Morgan fingerprint density at radius 1 is 1.47 bits per heavy atom. The molecular formula is C12H23N3. The largest absolute Gasteiger partial charge is 0.328 e. The Morgan fingerprint density at radius 2 is 2.13 bits per heavy atom. The lowest BCUT2D eigenvalue weighted by atomic mass is 9.98. The molecule has 2 unspecified atom stereocenters. The van der Waals surface area contributed by atoms with Crippen LogP contribution in [-0.4, -0.2) is 15.8 Å². The smallest absolute Gasteiger partial charge is 0.0624 e. The van der Waals surface area contributed by atoms with Gasteiger partial charge in [0.2, 0.25) is 0 Å². The monoisotopic (exact) mass is 209 g/mol. The van der Waals surface area contributed by atoms with Gasteiger partial charge in [0.25, 0.3) is 0 Å². The van der Waals surface area contributed by atoms with Gasteiger partial charge < -0.3 is 5.73 Å². The molecule has 1 rings (SSSR count). The summed E-state index contributed by atoms with van der Waals surface area (Å²) in [6.45, 7) is 6.46. The topological polar surface area (TPSA) is 43.8 Å². The lowest BCUT2D eigenvalue weighted by Gasteiger charge is -2.13. The van der Waals surface area contributed by atoms with E-state index in [9.17, 15) is 0 Å². The number of hydrogen-bond acceptors (Lipinski definition) is 2. The summed E-state index contributed by atoms with van der Waals surface area (Å²) < 4.78 is 2.00. The predicted molar refractivity (Wildman–Crippen MR) is 63.7 cm³/mol. The van der Waals surface area contributed by atoms with E-state index in [0.29, 0.717) is 12.0 Å². The highest BCUT2D eigenvalue weighted by atomic mass is 15.3. The summed E-state index contributed by atoms with van der Waals surface area (Å²) in [4.78, 5) is 0. The average molecular weight is 209 g/mol. The number of aromatic nitrogens is 2. The molecule has 0 saturated heterocycles. The van der Waals surface area contributed by atoms with Gasteiger partial charge in [0, 0.05) is 18.8 Å². The van der Waals surface area contributed by atoms with Gasteiger partial charge in [-0.15, -0.1) is 0 Å². The summed E-state index contributed by atoms with van der Waals surface area (Å²) in [5.41, 5.74) is 8.29. The van der Waals surface area contributed by atoms with Crippen LogP contribution in [0.15, 0.2) is 6.07 Å². The molecule has 2 N–H and O–H groups in total. The average Bonchev–Trinajstić information content (AvgIpc) is 2.46. The molecule has 1 aromatic rings. The van der Waals surface area contributed by atoms with E-state index < -0.39 is 0 Å². The Labute approximate surface area is 92.7 Å². The van der Waals surface area contributed by atoms with Gasteiger partial charge in [-0.05, 0) is 38.2 Å². The fourth-order valence-corrected chi connectivity index (χ4v) is 2.01. The first-order valence-electron chi connectivity index (χ1n) is 5.80. The zero-order chi connectivity index (χ0) is 11.4. The van der Waals surface area contributed by atoms with Crippen LogP contribution in [0.25, 0.3) is 0 Å². The number of hydrogen-bond donors (Lipinski definition) is 1. The maximum Gasteiger partial charge on any atom is 0.0624 e. The fraction of sp³-hybridized carbons (Fsp3) is 0.750. The van der Waals surface area contributed by atoms with E-state index in [2.05, 4.69) is 31.9 Å². The van der Waals surface area contributed by atoms with Crippen molar-refractivity contribution in [3.05, 3.63) is 17.5 Å². The molecule has 0 aliphatic carbocycles. The van der Waals surface area contributed by atoms with Gasteiger partial charge in [-0.3, -0.25) is 4.68 Å². The zero-order valence-electron chi connectivity index (χ0n) is 10.3. The van der Waals surface area contributed by atoms with Crippen molar-refractivity contribution in [3.63, 3.8) is 0 Å². The second-order valence-electron chi connectivity index (χ2n) is 4.63. The molecule has 3 nitrogen and oxygen atoms in total. The Bertz CT molecular complexity index is 302. The lowest BCUT2D eigenvalue weighted by Crippen LogP contribution is -2.19. The molecule has 15 heavy (non-hydrogen) atoms. The van der Waals surface area contributed by atoms with Gasteiger partial charge in [0.05, 0.1) is 5.69 Å². The van der Waals surface area contributed by atoms with E-state index in [0.717, 1.165) is 19.3 Å². The number of rotatable bonds is 5. The summed E-state index contributed by atoms with van der Waals surface area (Å²) in [7, 11) is 2.02. The quantitative estimate of drug-likeness (QED) is 0.805. The van der Waals surface area contributed by atoms with Gasteiger partial charge in [-0.1, -0.05) is 13.8 Å². The molecule has 1 aromatic heterocycles. The Hall–Kier alpha value is -0.830. The minimum absolute atomic E-state index is 0.291. The fourth-order valence-electron chi connectivity index (χ4n) is 2.01. The van der Waals surface area contributed by atoms with Crippen LogP contribution in [0.2, 0.25) is 0 Å². The molecule has 0 radical (unpaired) electrons. The van der Waals surface area contributed by atoms with Crippen LogP contribution in [0.5, 0.6) is 0 Å². The first-order chi connectivity index (χ1) is 7.02. The molecule has 0 saturated carbocycles. The second-order valence-corrected chi connectivity index (χ2v) is 4.63. The van der Waals surface area contributed by atoms with Crippen molar-refractivity contribution in [2.45, 2.75) is 46.1 Å². The Balaban J connectivity index is 2.59. The van der Waals surface area contributed by atoms with Gasteiger partial charge in [-0.25, -0.2) is 0 Å². The van der Waals surface area contributed by atoms with Crippen LogP contribution in [0.1, 0.15) is 38.6 Å². The van der Waals surface area contributed by atoms with Gasteiger partial charge in [0.1, 0.15) is 0 Å². The van der Waals surface area contributed by atoms with E-state index in [1.807, 2.05) is 11.7 Å². The normalized spacial score (nSPS) is 15.3. The van der Waals surface area contributed by atoms with E-state index in [1.165, 1.54) is 11.4 Å². The molecule has 3 heteroatoms. The molecule has 0 fully saturated rings. The molecule has 1 heterocycles. The van der Waals surface area contributed by atoms with E-state index in [-0.39, 0.29) is 0 Å². The van der Waals surface area contributed by atoms with Crippen molar-refractivity contribution >= 4 is 0 Å². The van der Waals surface area contributed by atoms with Crippen LogP contribution in [0, 0.1) is 5.92 Å². The highest BCUT2D eigenvalue weighted by Crippen LogP contribution is 2.14. The molecule has 0 aromatic carbocycles. The maximum absolute atomic E-state index is 5.79. The van der Waals surface area contributed by atoms with Crippen molar-refractivity contribution < 1.29 is 0 Å². The Morgan fingerprint density at radius 3 is 2.60 bits per heavy atom. The molecule has 0 bridgehead atoms. The van der Waals surface area contributed by atoms with Gasteiger partial charge in [-0.2, -0.15) is 5.10 Å². The molecule has 0 aliphatic heterocycles. The minimum Gasteiger partial charge on any atom is -0.328 e. The van der Waals surface area contributed by atoms with Crippen LogP contribution >= 0.6 is 0 Å². The highest BCUT2D eigenvalue weighted by Gasteiger charge is 2.10. The maximum atomic E-state index is 5.79. The van der Waals surface area contributed by atoms with Crippen LogP contribution < -0.4 is 5.73 Å². The van der Waals surface area contributed by atoms with E-state index in [1.54, 1.807) is 0 Å². The first-order valence-corrected chi connectivity index (χ1v) is 5.80. The minimum atomic E-state index is 0.291. The summed E-state index contributed by atoms with van der Waals surface area (Å²) in [5.74, 6) is 0.630. The summed E-state index contributed by atoms with van der Waals surface area (Å²) in [6.07, 6.45) is 3.16. The molecule has 0 spiro atoms. The third-order valence-electron chi connectivity index (χ3n) is 2.72. The molecule has 0 aliphatic rings. The number of nitrogens with zero attached hydrogens (tertiary/aromatic N) is 2.